The van der Waals surface area contributed by atoms with E-state index in [2.05, 4.69) is 51.2 Å². The normalized spacial score (nSPS) is 11.8. The average molecular weight is 734 g/mol. The number of hydrogen-bond donors (Lipinski definition) is 0. The van der Waals surface area contributed by atoms with Gasteiger partial charge in [0.25, 0.3) is 0 Å². The van der Waals surface area contributed by atoms with Crippen molar-refractivity contribution >= 4 is 10.9 Å². The summed E-state index contributed by atoms with van der Waals surface area (Å²) in [4.78, 5) is 6.27. The van der Waals surface area contributed by atoms with Gasteiger partial charge in [-0.1, -0.05) is 146 Å². The minimum absolute atomic E-state index is 0.185. The second-order valence-corrected chi connectivity index (χ2v) is 12.9. The van der Waals surface area contributed by atoms with Crippen molar-refractivity contribution in [1.29, 1.82) is 0 Å². The predicted molar refractivity (Wildman–Crippen MR) is 205 cm³/mol. The lowest BCUT2D eigenvalue weighted by Gasteiger charge is -2.34. The van der Waals surface area contributed by atoms with E-state index in [1.54, 1.807) is 10.9 Å². The molecule has 0 bridgehead atoms. The standard InChI is InChI=1S/C45H34F3N5O2/c1-2-36-28-42(40-29-37(55-45(46,47)48)26-27-41(40)49-36)54-30-31-22-24-32(25-23-31)38-20-12-13-21-39(38)43-50-52-53(51-43)44(33-14-6-3-7-15-33,34-16-8-4-9-17-34)35-18-10-5-11-19-35/h3-29H,2,30H2,1H3. The number of benzene rings is 6. The molecule has 0 saturated carbocycles. The van der Waals surface area contributed by atoms with E-state index in [1.807, 2.05) is 110 Å². The molecule has 7 nitrogen and oxygen atoms in total. The van der Waals surface area contributed by atoms with E-state index in [-0.39, 0.29) is 12.4 Å². The Balaban J connectivity index is 1.11. The van der Waals surface area contributed by atoms with Crippen molar-refractivity contribution in [2.75, 3.05) is 0 Å². The lowest BCUT2D eigenvalue weighted by atomic mass is 9.77. The van der Waals surface area contributed by atoms with Crippen LogP contribution >= 0.6 is 0 Å². The van der Waals surface area contributed by atoms with Gasteiger partial charge in [-0.2, -0.15) is 0 Å². The van der Waals surface area contributed by atoms with Gasteiger partial charge in [0.15, 0.2) is 5.54 Å². The summed E-state index contributed by atoms with van der Waals surface area (Å²) in [7, 11) is 0. The molecule has 2 heterocycles. The number of hydrogen-bond acceptors (Lipinski definition) is 6. The number of ether oxygens (including phenoxy) is 2. The second-order valence-electron chi connectivity index (χ2n) is 12.9. The van der Waals surface area contributed by atoms with E-state index in [9.17, 15) is 13.2 Å². The van der Waals surface area contributed by atoms with Gasteiger partial charge in [0, 0.05) is 22.7 Å². The highest BCUT2D eigenvalue weighted by molar-refractivity contribution is 5.86. The van der Waals surface area contributed by atoms with Gasteiger partial charge >= 0.3 is 6.36 Å². The van der Waals surface area contributed by atoms with E-state index in [0.29, 0.717) is 28.9 Å². The van der Waals surface area contributed by atoms with E-state index in [1.165, 1.54) is 18.2 Å². The zero-order valence-electron chi connectivity index (χ0n) is 29.7. The fourth-order valence-electron chi connectivity index (χ4n) is 6.94. The Labute approximate surface area is 315 Å². The lowest BCUT2D eigenvalue weighted by Crippen LogP contribution is -2.39. The molecule has 0 radical (unpaired) electrons. The lowest BCUT2D eigenvalue weighted by molar-refractivity contribution is -0.274. The molecule has 6 aromatic carbocycles. The van der Waals surface area contributed by atoms with Crippen molar-refractivity contribution in [3.8, 4) is 34.0 Å². The third-order valence-electron chi connectivity index (χ3n) is 9.51. The number of pyridine rings is 1. The van der Waals surface area contributed by atoms with Crippen LogP contribution in [-0.2, 0) is 18.6 Å². The van der Waals surface area contributed by atoms with Crippen molar-refractivity contribution < 1.29 is 22.6 Å². The molecule has 0 unspecified atom stereocenters. The summed E-state index contributed by atoms with van der Waals surface area (Å²) < 4.78 is 49.3. The van der Waals surface area contributed by atoms with Crippen LogP contribution in [0.25, 0.3) is 33.4 Å². The summed E-state index contributed by atoms with van der Waals surface area (Å²) in [6.45, 7) is 2.14. The molecule has 0 saturated heterocycles. The predicted octanol–water partition coefficient (Wildman–Crippen LogP) is 10.4. The Morgan fingerprint density at radius 1 is 0.636 bits per heavy atom. The summed E-state index contributed by atoms with van der Waals surface area (Å²) in [5, 5.41) is 14.9. The molecule has 0 fully saturated rings. The summed E-state index contributed by atoms with van der Waals surface area (Å²) in [6.07, 6.45) is -4.18. The Morgan fingerprint density at radius 3 is 1.80 bits per heavy atom. The molecule has 0 spiro atoms. The first kappa shape index (κ1) is 35.2. The van der Waals surface area contributed by atoms with E-state index in [0.717, 1.165) is 44.6 Å². The first-order chi connectivity index (χ1) is 26.8. The monoisotopic (exact) mass is 733 g/mol. The molecule has 272 valence electrons. The summed E-state index contributed by atoms with van der Waals surface area (Å²) >= 11 is 0. The van der Waals surface area contributed by atoms with Crippen LogP contribution < -0.4 is 9.47 Å². The van der Waals surface area contributed by atoms with Crippen LogP contribution in [0.2, 0.25) is 0 Å². The quantitative estimate of drug-likeness (QED) is 0.123. The van der Waals surface area contributed by atoms with Gasteiger partial charge in [0.2, 0.25) is 5.82 Å². The van der Waals surface area contributed by atoms with Gasteiger partial charge in [-0.3, -0.25) is 4.98 Å². The highest BCUT2D eigenvalue weighted by Gasteiger charge is 2.41. The maximum atomic E-state index is 13.0. The van der Waals surface area contributed by atoms with E-state index >= 15 is 0 Å². The second kappa shape index (κ2) is 14.9. The molecular formula is C45H34F3N5O2. The van der Waals surface area contributed by atoms with Crippen molar-refractivity contribution in [3.63, 3.8) is 0 Å². The van der Waals surface area contributed by atoms with Crippen LogP contribution in [0.4, 0.5) is 13.2 Å². The molecule has 8 rings (SSSR count). The molecule has 10 heteroatoms. The highest BCUT2D eigenvalue weighted by atomic mass is 19.4. The topological polar surface area (TPSA) is 75.0 Å². The zero-order valence-corrected chi connectivity index (χ0v) is 29.7. The average Bonchev–Trinajstić information content (AvgIpc) is 3.71. The first-order valence-corrected chi connectivity index (χ1v) is 17.8. The highest BCUT2D eigenvalue weighted by Crippen LogP contribution is 2.41. The number of nitrogens with zero attached hydrogens (tertiary/aromatic N) is 5. The van der Waals surface area contributed by atoms with Crippen LogP contribution in [0, 0.1) is 0 Å². The Hall–Kier alpha value is -6.81. The van der Waals surface area contributed by atoms with Gasteiger partial charge in [-0.15, -0.1) is 28.2 Å². The van der Waals surface area contributed by atoms with Crippen molar-refractivity contribution in [1.82, 2.24) is 25.2 Å². The number of fused-ring (bicyclic) bond motifs is 1. The molecule has 8 aromatic rings. The van der Waals surface area contributed by atoms with Gasteiger partial charge in [-0.05, 0) is 63.2 Å². The molecular weight excluding hydrogens is 700 g/mol. The van der Waals surface area contributed by atoms with E-state index in [4.69, 9.17) is 15.0 Å². The van der Waals surface area contributed by atoms with Crippen LogP contribution in [-0.4, -0.2) is 31.6 Å². The van der Waals surface area contributed by atoms with Gasteiger partial charge in [0.1, 0.15) is 18.1 Å². The largest absolute Gasteiger partial charge is 0.573 e. The summed E-state index contributed by atoms with van der Waals surface area (Å²) in [5.41, 5.74) is 6.89. The maximum Gasteiger partial charge on any atom is 0.573 e. The fourth-order valence-corrected chi connectivity index (χ4v) is 6.94. The Kier molecular flexibility index (Phi) is 9.55. The van der Waals surface area contributed by atoms with Crippen LogP contribution in [0.1, 0.15) is 34.9 Å². The first-order valence-electron chi connectivity index (χ1n) is 17.8. The van der Waals surface area contributed by atoms with Crippen LogP contribution in [0.15, 0.2) is 164 Å². The molecule has 0 N–H and O–H groups in total. The smallest absolute Gasteiger partial charge is 0.488 e. The minimum Gasteiger partial charge on any atom is -0.488 e. The van der Waals surface area contributed by atoms with Gasteiger partial charge in [-0.25, -0.2) is 0 Å². The SMILES string of the molecule is CCc1cc(OCc2ccc(-c3ccccc3-c3nnn(C(c4ccccc4)(c4ccccc4)c4ccccc4)n3)cc2)c2cc(OC(F)(F)F)ccc2n1. The molecule has 0 atom stereocenters. The van der Waals surface area contributed by atoms with Crippen LogP contribution in [0.3, 0.4) is 0 Å². The van der Waals surface area contributed by atoms with Gasteiger partial charge < -0.3 is 9.47 Å². The summed E-state index contributed by atoms with van der Waals surface area (Å²) in [6, 6.07) is 52.3. The van der Waals surface area contributed by atoms with Crippen molar-refractivity contribution in [2.24, 2.45) is 0 Å². The van der Waals surface area contributed by atoms with E-state index < -0.39 is 11.9 Å². The maximum absolute atomic E-state index is 13.0. The number of alkyl halides is 3. The molecule has 0 aliphatic rings. The van der Waals surface area contributed by atoms with Gasteiger partial charge in [0.05, 0.1) is 5.52 Å². The number of aryl methyl sites for hydroxylation is 1. The number of tetrazole rings is 1. The summed E-state index contributed by atoms with van der Waals surface area (Å²) in [5.74, 6) is 0.565. The number of aromatic nitrogens is 5. The van der Waals surface area contributed by atoms with Crippen LogP contribution in [0.5, 0.6) is 11.5 Å². The fraction of sp³-hybridized carbons (Fsp3) is 0.111. The molecule has 0 aliphatic heterocycles. The Bertz CT molecular complexity index is 2450. The number of rotatable bonds is 11. The minimum atomic E-state index is -4.81. The molecule has 0 amide bonds. The molecule has 55 heavy (non-hydrogen) atoms. The van der Waals surface area contributed by atoms with Crippen molar-refractivity contribution in [2.45, 2.75) is 31.9 Å². The number of halogens is 3. The zero-order chi connectivity index (χ0) is 37.8. The molecule has 0 aliphatic carbocycles. The molecule has 2 aromatic heterocycles. The van der Waals surface area contributed by atoms with Crippen molar-refractivity contribution in [3.05, 3.63) is 192 Å². The third kappa shape index (κ3) is 7.14. The third-order valence-corrected chi connectivity index (χ3v) is 9.51. The Morgan fingerprint density at radius 2 is 1.22 bits per heavy atom.